The van der Waals surface area contributed by atoms with E-state index in [-0.39, 0.29) is 30.4 Å². The molecule has 4 N–H and O–H groups in total. The molecule has 0 aliphatic heterocycles. The van der Waals surface area contributed by atoms with E-state index in [1.54, 1.807) is 0 Å². The highest BCUT2D eigenvalue weighted by atomic mass is 16.5. The second-order valence-electron chi connectivity index (χ2n) is 13.3. The molecule has 0 aliphatic rings. The minimum absolute atomic E-state index is 0.177. The molecule has 5 aromatic carbocycles. The Hall–Kier alpha value is -5.44. The van der Waals surface area contributed by atoms with Crippen LogP contribution in [0.4, 0.5) is 0 Å². The summed E-state index contributed by atoms with van der Waals surface area (Å²) in [5, 5.41) is 6.07. The molecule has 8 heteroatoms. The van der Waals surface area contributed by atoms with E-state index in [1.165, 1.54) is 0 Å². The largest absolute Gasteiger partial charge is 0.489 e. The van der Waals surface area contributed by atoms with Crippen molar-refractivity contribution in [3.8, 4) is 11.5 Å². The summed E-state index contributed by atoms with van der Waals surface area (Å²) in [6.07, 6.45) is 0.848. The SMILES string of the molecule is CC(C)[C@H](NC(=O)[C@@H](N)Cc1ccc(OCc2ccccc2)cc1)C(=O)N[C@H](COCc1ccccc1)Cc1ccc(OCc2ccccc2)cc1. The highest BCUT2D eigenvalue weighted by Crippen LogP contribution is 2.18. The first-order chi connectivity index (χ1) is 25.3. The molecular weight excluding hydrogens is 651 g/mol. The number of benzene rings is 5. The highest BCUT2D eigenvalue weighted by molar-refractivity contribution is 5.90. The van der Waals surface area contributed by atoms with Crippen molar-refractivity contribution in [2.45, 2.75) is 64.6 Å². The molecule has 8 nitrogen and oxygen atoms in total. The van der Waals surface area contributed by atoms with Gasteiger partial charge in [0.25, 0.3) is 0 Å². The Morgan fingerprint density at radius 1 is 0.538 bits per heavy atom. The van der Waals surface area contributed by atoms with Crippen molar-refractivity contribution in [2.24, 2.45) is 11.7 Å². The molecule has 0 radical (unpaired) electrons. The van der Waals surface area contributed by atoms with Gasteiger partial charge in [-0.05, 0) is 70.8 Å². The maximum absolute atomic E-state index is 13.8. The Morgan fingerprint density at radius 2 is 0.981 bits per heavy atom. The number of nitrogens with one attached hydrogen (secondary N) is 2. The second kappa shape index (κ2) is 19.8. The van der Waals surface area contributed by atoms with Crippen LogP contribution in [0.1, 0.15) is 41.7 Å². The molecule has 2 amide bonds. The van der Waals surface area contributed by atoms with Crippen LogP contribution in [0.2, 0.25) is 0 Å². The van der Waals surface area contributed by atoms with E-state index in [2.05, 4.69) is 10.6 Å². The molecule has 270 valence electrons. The summed E-state index contributed by atoms with van der Waals surface area (Å²) in [7, 11) is 0. The van der Waals surface area contributed by atoms with Gasteiger partial charge in [0.2, 0.25) is 11.8 Å². The van der Waals surface area contributed by atoms with Crippen LogP contribution >= 0.6 is 0 Å². The van der Waals surface area contributed by atoms with E-state index in [0.717, 1.165) is 39.3 Å². The van der Waals surface area contributed by atoms with Crippen molar-refractivity contribution in [3.05, 3.63) is 167 Å². The number of hydrogen-bond acceptors (Lipinski definition) is 6. The number of rotatable bonds is 19. The number of hydrogen-bond donors (Lipinski definition) is 3. The Labute approximate surface area is 307 Å². The van der Waals surface area contributed by atoms with Gasteiger partial charge in [0.15, 0.2) is 0 Å². The topological polar surface area (TPSA) is 112 Å². The fourth-order valence-electron chi connectivity index (χ4n) is 5.69. The monoisotopic (exact) mass is 699 g/mol. The molecule has 0 spiro atoms. The van der Waals surface area contributed by atoms with Crippen molar-refractivity contribution in [1.29, 1.82) is 0 Å². The number of amides is 2. The van der Waals surface area contributed by atoms with Gasteiger partial charge in [-0.3, -0.25) is 9.59 Å². The highest BCUT2D eigenvalue weighted by Gasteiger charge is 2.28. The molecule has 52 heavy (non-hydrogen) atoms. The number of ether oxygens (including phenoxy) is 3. The predicted octanol–water partition coefficient (Wildman–Crippen LogP) is 6.80. The minimum Gasteiger partial charge on any atom is -0.489 e. The fourth-order valence-corrected chi connectivity index (χ4v) is 5.69. The maximum Gasteiger partial charge on any atom is 0.243 e. The lowest BCUT2D eigenvalue weighted by Crippen LogP contribution is -2.56. The van der Waals surface area contributed by atoms with E-state index >= 15 is 0 Å². The van der Waals surface area contributed by atoms with Crippen LogP contribution in [0.5, 0.6) is 11.5 Å². The number of nitrogens with two attached hydrogens (primary N) is 1. The first-order valence-electron chi connectivity index (χ1n) is 17.8. The normalized spacial score (nSPS) is 12.8. The molecule has 0 fully saturated rings. The molecule has 0 aromatic heterocycles. The van der Waals surface area contributed by atoms with E-state index in [4.69, 9.17) is 19.9 Å². The number of carbonyl (C=O) groups excluding carboxylic acids is 2. The summed E-state index contributed by atoms with van der Waals surface area (Å²) in [6.45, 7) is 5.46. The average Bonchev–Trinajstić information content (AvgIpc) is 3.17. The Kier molecular flexibility index (Phi) is 14.4. The van der Waals surface area contributed by atoms with Gasteiger partial charge in [0.1, 0.15) is 30.8 Å². The molecule has 3 atom stereocenters. The van der Waals surface area contributed by atoms with Gasteiger partial charge >= 0.3 is 0 Å². The smallest absolute Gasteiger partial charge is 0.243 e. The van der Waals surface area contributed by atoms with Gasteiger partial charge in [-0.2, -0.15) is 0 Å². The van der Waals surface area contributed by atoms with Crippen LogP contribution in [0.3, 0.4) is 0 Å². The zero-order chi connectivity index (χ0) is 36.5. The standard InChI is InChI=1S/C44H49N3O5/c1-32(2)42(47-43(48)41(45)27-34-20-24-40(25-21-34)52-30-37-16-10-5-11-17-37)44(49)46-38(31-50-28-35-12-6-3-7-13-35)26-33-18-22-39(23-19-33)51-29-36-14-8-4-9-15-36/h3-25,32,38,41-42H,26-31,45H2,1-2H3,(H,46,49)(H,47,48)/t38-,41-,42-/m0/s1. The van der Waals surface area contributed by atoms with Crippen LogP contribution in [-0.4, -0.2) is 36.5 Å². The molecule has 0 unspecified atom stereocenters. The number of carbonyl (C=O) groups is 2. The summed E-state index contributed by atoms with van der Waals surface area (Å²) < 4.78 is 17.9. The Morgan fingerprint density at radius 3 is 1.44 bits per heavy atom. The molecule has 0 heterocycles. The van der Waals surface area contributed by atoms with Crippen molar-refractivity contribution < 1.29 is 23.8 Å². The molecular formula is C44H49N3O5. The summed E-state index contributed by atoms with van der Waals surface area (Å²) >= 11 is 0. The van der Waals surface area contributed by atoms with Gasteiger partial charge in [0.05, 0.1) is 25.3 Å². The molecule has 0 aliphatic carbocycles. The van der Waals surface area contributed by atoms with Crippen molar-refractivity contribution >= 4 is 11.8 Å². The first-order valence-corrected chi connectivity index (χ1v) is 17.8. The molecule has 0 saturated carbocycles. The summed E-state index contributed by atoms with van der Waals surface area (Å²) in [4.78, 5) is 27.1. The van der Waals surface area contributed by atoms with Gasteiger partial charge < -0.3 is 30.6 Å². The third kappa shape index (κ3) is 12.4. The zero-order valence-electron chi connectivity index (χ0n) is 29.9. The van der Waals surface area contributed by atoms with E-state index < -0.39 is 12.1 Å². The average molecular weight is 700 g/mol. The van der Waals surface area contributed by atoms with Crippen LogP contribution in [0.25, 0.3) is 0 Å². The first kappa shape index (κ1) is 37.8. The van der Waals surface area contributed by atoms with Gasteiger partial charge in [-0.25, -0.2) is 0 Å². The maximum atomic E-state index is 13.8. The summed E-state index contributed by atoms with van der Waals surface area (Å²) in [5.41, 5.74) is 11.5. The van der Waals surface area contributed by atoms with Crippen molar-refractivity contribution in [3.63, 3.8) is 0 Å². The van der Waals surface area contributed by atoms with E-state index in [0.29, 0.717) is 32.7 Å². The van der Waals surface area contributed by atoms with Gasteiger partial charge in [-0.1, -0.05) is 129 Å². The molecule has 0 saturated heterocycles. The lowest BCUT2D eigenvalue weighted by atomic mass is 10.00. The fraction of sp³-hybridized carbons (Fsp3) is 0.273. The zero-order valence-corrected chi connectivity index (χ0v) is 29.9. The predicted molar refractivity (Wildman–Crippen MR) is 205 cm³/mol. The lowest BCUT2D eigenvalue weighted by Gasteiger charge is -2.27. The van der Waals surface area contributed by atoms with Crippen LogP contribution in [0.15, 0.2) is 140 Å². The molecule has 0 bridgehead atoms. The Balaban J connectivity index is 1.16. The van der Waals surface area contributed by atoms with Crippen molar-refractivity contribution in [1.82, 2.24) is 10.6 Å². The quantitative estimate of drug-likeness (QED) is 0.0875. The summed E-state index contributed by atoms with van der Waals surface area (Å²) in [6, 6.07) is 43.3. The van der Waals surface area contributed by atoms with Crippen molar-refractivity contribution in [2.75, 3.05) is 6.61 Å². The van der Waals surface area contributed by atoms with Gasteiger partial charge in [0, 0.05) is 0 Å². The summed E-state index contributed by atoms with van der Waals surface area (Å²) in [5.74, 6) is 0.647. The van der Waals surface area contributed by atoms with E-state index in [9.17, 15) is 9.59 Å². The lowest BCUT2D eigenvalue weighted by molar-refractivity contribution is -0.131. The third-order valence-electron chi connectivity index (χ3n) is 8.64. The minimum atomic E-state index is -0.835. The van der Waals surface area contributed by atoms with Crippen LogP contribution in [-0.2, 0) is 47.0 Å². The van der Waals surface area contributed by atoms with Crippen LogP contribution < -0.4 is 25.8 Å². The second-order valence-corrected chi connectivity index (χ2v) is 13.3. The third-order valence-corrected chi connectivity index (χ3v) is 8.64. The van der Waals surface area contributed by atoms with E-state index in [1.807, 2.05) is 153 Å². The van der Waals surface area contributed by atoms with Gasteiger partial charge in [-0.15, -0.1) is 0 Å². The Bertz CT molecular complexity index is 1780. The van der Waals surface area contributed by atoms with Crippen LogP contribution in [0, 0.1) is 5.92 Å². The molecule has 5 aromatic rings. The molecule has 5 rings (SSSR count).